The van der Waals surface area contributed by atoms with E-state index in [0.29, 0.717) is 11.1 Å². The third-order valence-electron chi connectivity index (χ3n) is 3.78. The van der Waals surface area contributed by atoms with Gasteiger partial charge in [0.25, 0.3) is 11.8 Å². The van der Waals surface area contributed by atoms with Crippen LogP contribution >= 0.6 is 0 Å². The van der Waals surface area contributed by atoms with E-state index in [1.165, 1.54) is 30.3 Å². The molecule has 0 saturated heterocycles. The second kappa shape index (κ2) is 10.1. The van der Waals surface area contributed by atoms with Crippen molar-refractivity contribution in [2.24, 2.45) is 0 Å². The zero-order valence-electron chi connectivity index (χ0n) is 15.5. The summed E-state index contributed by atoms with van der Waals surface area (Å²) in [6.45, 7) is 0. The maximum atomic E-state index is 12.7. The van der Waals surface area contributed by atoms with Crippen molar-refractivity contribution < 1.29 is 22.8 Å². The lowest BCUT2D eigenvalue weighted by molar-refractivity contribution is -0.136. The SMILES string of the molecule is CNC(=O)c1ccccc1.O=C(Nc1ccccc1C(F)(F)F)c1ccccc1. The normalized spacial score (nSPS) is 10.3. The molecule has 0 saturated carbocycles. The number of carbonyl (C=O) groups is 2. The molecule has 3 aromatic rings. The summed E-state index contributed by atoms with van der Waals surface area (Å²) >= 11 is 0. The van der Waals surface area contributed by atoms with Crippen molar-refractivity contribution in [3.8, 4) is 0 Å². The fourth-order valence-corrected chi connectivity index (χ4v) is 2.36. The summed E-state index contributed by atoms with van der Waals surface area (Å²) in [6, 6.07) is 22.1. The topological polar surface area (TPSA) is 58.2 Å². The lowest BCUT2D eigenvalue weighted by Crippen LogP contribution is -2.17. The fraction of sp³-hybridized carbons (Fsp3) is 0.0909. The zero-order chi connectivity index (χ0) is 21.3. The maximum absolute atomic E-state index is 12.7. The molecule has 4 nitrogen and oxygen atoms in total. The average molecular weight is 400 g/mol. The number of rotatable bonds is 3. The van der Waals surface area contributed by atoms with E-state index in [2.05, 4.69) is 10.6 Å². The molecule has 0 aromatic heterocycles. The predicted octanol–water partition coefficient (Wildman–Crippen LogP) is 5.00. The maximum Gasteiger partial charge on any atom is 0.418 e. The molecule has 7 heteroatoms. The van der Waals surface area contributed by atoms with Gasteiger partial charge in [-0.1, -0.05) is 48.5 Å². The molecule has 0 aliphatic carbocycles. The minimum absolute atomic E-state index is 0.0411. The number of halogens is 3. The Morgan fingerprint density at radius 2 is 1.14 bits per heavy atom. The highest BCUT2D eigenvalue weighted by Crippen LogP contribution is 2.34. The van der Waals surface area contributed by atoms with E-state index >= 15 is 0 Å². The molecule has 0 unspecified atom stereocenters. The number of para-hydroxylation sites is 1. The van der Waals surface area contributed by atoms with Crippen LogP contribution in [0, 0.1) is 0 Å². The van der Waals surface area contributed by atoms with Gasteiger partial charge in [-0.15, -0.1) is 0 Å². The van der Waals surface area contributed by atoms with Crippen LogP contribution in [0.15, 0.2) is 84.9 Å². The first-order valence-electron chi connectivity index (χ1n) is 8.62. The van der Waals surface area contributed by atoms with Crippen LogP contribution in [0.2, 0.25) is 0 Å². The number of carbonyl (C=O) groups excluding carboxylic acids is 2. The monoisotopic (exact) mass is 400 g/mol. The third-order valence-corrected chi connectivity index (χ3v) is 3.78. The lowest BCUT2D eigenvalue weighted by atomic mass is 10.1. The van der Waals surface area contributed by atoms with Gasteiger partial charge in [0.05, 0.1) is 11.3 Å². The second-order valence-electron chi connectivity index (χ2n) is 5.81. The number of alkyl halides is 3. The Hall–Kier alpha value is -3.61. The number of hydrogen-bond acceptors (Lipinski definition) is 2. The lowest BCUT2D eigenvalue weighted by Gasteiger charge is -2.13. The Kier molecular flexibility index (Phi) is 7.54. The Labute approximate surface area is 166 Å². The van der Waals surface area contributed by atoms with Gasteiger partial charge in [0.15, 0.2) is 0 Å². The molecule has 29 heavy (non-hydrogen) atoms. The van der Waals surface area contributed by atoms with Crippen LogP contribution in [0.5, 0.6) is 0 Å². The van der Waals surface area contributed by atoms with Crippen molar-refractivity contribution in [2.45, 2.75) is 6.18 Å². The van der Waals surface area contributed by atoms with Crippen LogP contribution in [-0.4, -0.2) is 18.9 Å². The van der Waals surface area contributed by atoms with E-state index in [9.17, 15) is 22.8 Å². The second-order valence-corrected chi connectivity index (χ2v) is 5.81. The summed E-state index contributed by atoms with van der Waals surface area (Å²) in [6.07, 6.45) is -4.50. The van der Waals surface area contributed by atoms with Gasteiger partial charge in [-0.2, -0.15) is 13.2 Å². The molecule has 0 heterocycles. The summed E-state index contributed by atoms with van der Waals surface area (Å²) in [4.78, 5) is 22.7. The molecule has 0 bridgehead atoms. The predicted molar refractivity (Wildman–Crippen MR) is 106 cm³/mol. The van der Waals surface area contributed by atoms with Crippen molar-refractivity contribution in [1.29, 1.82) is 0 Å². The molecule has 2 N–H and O–H groups in total. The summed E-state index contributed by atoms with van der Waals surface area (Å²) < 4.78 is 38.2. The molecule has 3 aromatic carbocycles. The Bertz CT molecular complexity index is 943. The van der Waals surface area contributed by atoms with E-state index in [0.717, 1.165) is 6.07 Å². The number of benzene rings is 3. The number of hydrogen-bond donors (Lipinski definition) is 2. The van der Waals surface area contributed by atoms with Crippen molar-refractivity contribution in [2.75, 3.05) is 12.4 Å². The number of nitrogens with one attached hydrogen (secondary N) is 2. The van der Waals surface area contributed by atoms with Crippen molar-refractivity contribution >= 4 is 17.5 Å². The summed E-state index contributed by atoms with van der Waals surface area (Å²) in [7, 11) is 1.62. The van der Waals surface area contributed by atoms with Gasteiger partial charge < -0.3 is 10.6 Å². The van der Waals surface area contributed by atoms with Gasteiger partial charge in [-0.3, -0.25) is 9.59 Å². The van der Waals surface area contributed by atoms with E-state index in [1.54, 1.807) is 37.4 Å². The molecule has 0 fully saturated rings. The highest BCUT2D eigenvalue weighted by Gasteiger charge is 2.33. The number of anilines is 1. The smallest absolute Gasteiger partial charge is 0.355 e. The van der Waals surface area contributed by atoms with Crippen LogP contribution in [0.25, 0.3) is 0 Å². The van der Waals surface area contributed by atoms with Crippen LogP contribution in [0.3, 0.4) is 0 Å². The van der Waals surface area contributed by atoms with Crippen LogP contribution in [0.4, 0.5) is 18.9 Å². The first kappa shape index (κ1) is 21.7. The third kappa shape index (κ3) is 6.49. The van der Waals surface area contributed by atoms with Crippen LogP contribution in [-0.2, 0) is 6.18 Å². The summed E-state index contributed by atoms with van der Waals surface area (Å²) in [5.41, 5.74) is -0.104. The Balaban J connectivity index is 0.000000253. The van der Waals surface area contributed by atoms with E-state index in [1.807, 2.05) is 18.2 Å². The molecule has 3 rings (SSSR count). The Morgan fingerprint density at radius 3 is 1.62 bits per heavy atom. The van der Waals surface area contributed by atoms with Gasteiger partial charge in [0, 0.05) is 18.2 Å². The average Bonchev–Trinajstić information content (AvgIpc) is 2.74. The van der Waals surface area contributed by atoms with Gasteiger partial charge in [0.1, 0.15) is 0 Å². The van der Waals surface area contributed by atoms with E-state index in [4.69, 9.17) is 0 Å². The quantitative estimate of drug-likeness (QED) is 0.650. The highest BCUT2D eigenvalue weighted by atomic mass is 19.4. The largest absolute Gasteiger partial charge is 0.418 e. The zero-order valence-corrected chi connectivity index (χ0v) is 15.5. The standard InChI is InChI=1S/C14H10F3NO.C8H9NO/c15-14(16,17)11-8-4-5-9-12(11)18-13(19)10-6-2-1-3-7-10;1-9-8(10)7-5-3-2-4-6-7/h1-9H,(H,18,19);2-6H,1H3,(H,9,10). The number of amides is 2. The molecule has 0 aliphatic heterocycles. The Morgan fingerprint density at radius 1 is 0.690 bits per heavy atom. The minimum Gasteiger partial charge on any atom is -0.355 e. The fourth-order valence-electron chi connectivity index (χ4n) is 2.36. The summed E-state index contributed by atoms with van der Waals surface area (Å²) in [5.74, 6) is -0.613. The molecular weight excluding hydrogens is 381 g/mol. The highest BCUT2D eigenvalue weighted by molar-refractivity contribution is 6.04. The summed E-state index contributed by atoms with van der Waals surface area (Å²) in [5, 5.41) is 4.82. The minimum atomic E-state index is -4.50. The molecule has 0 aliphatic rings. The molecule has 150 valence electrons. The van der Waals surface area contributed by atoms with Crippen molar-refractivity contribution in [3.05, 3.63) is 102 Å². The van der Waals surface area contributed by atoms with E-state index in [-0.39, 0.29) is 11.6 Å². The van der Waals surface area contributed by atoms with E-state index < -0.39 is 17.6 Å². The van der Waals surface area contributed by atoms with Crippen LogP contribution < -0.4 is 10.6 Å². The first-order chi connectivity index (χ1) is 13.8. The molecule has 0 spiro atoms. The van der Waals surface area contributed by atoms with Crippen molar-refractivity contribution in [1.82, 2.24) is 5.32 Å². The van der Waals surface area contributed by atoms with Crippen LogP contribution in [0.1, 0.15) is 26.3 Å². The first-order valence-corrected chi connectivity index (χ1v) is 8.62. The van der Waals surface area contributed by atoms with Gasteiger partial charge >= 0.3 is 6.18 Å². The molecule has 0 radical (unpaired) electrons. The van der Waals surface area contributed by atoms with Gasteiger partial charge in [0.2, 0.25) is 0 Å². The molecular formula is C22H19F3N2O2. The van der Waals surface area contributed by atoms with Gasteiger partial charge in [-0.25, -0.2) is 0 Å². The molecule has 0 atom stereocenters. The van der Waals surface area contributed by atoms with Gasteiger partial charge in [-0.05, 0) is 36.4 Å². The van der Waals surface area contributed by atoms with Crippen molar-refractivity contribution in [3.63, 3.8) is 0 Å². The molecule has 2 amide bonds.